The molecule has 17 heavy (non-hydrogen) atoms. The molecular weight excluding hydrogens is 263 g/mol. The third kappa shape index (κ3) is 1.73. The minimum atomic E-state index is -1.43. The van der Waals surface area contributed by atoms with Crippen LogP contribution in [0.4, 0.5) is 0 Å². The third-order valence-corrected chi connectivity index (χ3v) is 3.80. The average Bonchev–Trinajstić information content (AvgIpc) is 2.97. The highest BCUT2D eigenvalue weighted by molar-refractivity contribution is 6.36. The van der Waals surface area contributed by atoms with Gasteiger partial charge in [-0.1, -0.05) is 42.3 Å². The zero-order chi connectivity index (χ0) is 12.7. The van der Waals surface area contributed by atoms with Gasteiger partial charge in [-0.3, -0.25) is 0 Å². The molecule has 1 saturated heterocycles. The molecule has 0 aliphatic carbocycles. The fourth-order valence-corrected chi connectivity index (χ4v) is 2.68. The lowest BCUT2D eigenvalue weighted by molar-refractivity contribution is -0.143. The Labute approximate surface area is 110 Å². The van der Waals surface area contributed by atoms with Gasteiger partial charge < -0.3 is 9.47 Å². The molecular formula is C12H12Cl2O3. The molecule has 1 aromatic carbocycles. The van der Waals surface area contributed by atoms with Crippen LogP contribution < -0.4 is 0 Å². The van der Waals surface area contributed by atoms with E-state index in [0.717, 1.165) is 5.56 Å². The van der Waals surface area contributed by atoms with Gasteiger partial charge >= 0.3 is 5.97 Å². The largest absolute Gasteiger partial charge is 0.466 e. The van der Waals surface area contributed by atoms with E-state index in [1.807, 2.05) is 13.0 Å². The lowest BCUT2D eigenvalue weighted by atomic mass is 9.92. The molecule has 3 nitrogen and oxygen atoms in total. The molecule has 2 atom stereocenters. The number of hydrogen-bond acceptors (Lipinski definition) is 3. The second-order valence-corrected chi connectivity index (χ2v) is 4.85. The summed E-state index contributed by atoms with van der Waals surface area (Å²) in [5.74, 6) is -0.582. The maximum Gasteiger partial charge on any atom is 0.357 e. The van der Waals surface area contributed by atoms with Gasteiger partial charge in [-0.25, -0.2) is 4.79 Å². The molecule has 2 unspecified atom stereocenters. The molecule has 0 bridgehead atoms. The normalized spacial score (nSPS) is 31.1. The monoisotopic (exact) mass is 274 g/mol. The highest BCUT2D eigenvalue weighted by atomic mass is 35.5. The number of rotatable bonds is 3. The van der Waals surface area contributed by atoms with Gasteiger partial charge in [0.1, 0.15) is 0 Å². The fraction of sp³-hybridized carbons (Fsp3) is 0.417. The Bertz CT molecular complexity index is 463. The van der Waals surface area contributed by atoms with Crippen LogP contribution in [0.3, 0.4) is 0 Å². The van der Waals surface area contributed by atoms with Crippen molar-refractivity contribution < 1.29 is 14.3 Å². The Balaban J connectivity index is 2.40. The first-order valence-electron chi connectivity index (χ1n) is 5.23. The summed E-state index contributed by atoms with van der Waals surface area (Å²) >= 11 is 12.1. The quantitative estimate of drug-likeness (QED) is 0.483. The van der Waals surface area contributed by atoms with E-state index in [2.05, 4.69) is 4.74 Å². The number of ether oxygens (including phenoxy) is 2. The standard InChI is InChI=1S/C12H12Cl2O3/c1-3-11(8-5-4-6-9(13)7-8)12(14,17-11)10(15)16-2/h4-7H,3H2,1-2H3. The van der Waals surface area contributed by atoms with Crippen LogP contribution in [0.5, 0.6) is 0 Å². The van der Waals surface area contributed by atoms with Gasteiger partial charge in [0, 0.05) is 5.02 Å². The van der Waals surface area contributed by atoms with Crippen molar-refractivity contribution in [3.8, 4) is 0 Å². The topological polar surface area (TPSA) is 38.8 Å². The molecule has 1 aliphatic rings. The van der Waals surface area contributed by atoms with Gasteiger partial charge in [0.2, 0.25) is 0 Å². The smallest absolute Gasteiger partial charge is 0.357 e. The molecule has 0 radical (unpaired) electrons. The van der Waals surface area contributed by atoms with Crippen LogP contribution in [0.1, 0.15) is 18.9 Å². The second-order valence-electron chi connectivity index (χ2n) is 3.88. The van der Waals surface area contributed by atoms with Crippen molar-refractivity contribution in [3.05, 3.63) is 34.9 Å². The van der Waals surface area contributed by atoms with Crippen molar-refractivity contribution >= 4 is 29.2 Å². The van der Waals surface area contributed by atoms with Crippen molar-refractivity contribution in [1.82, 2.24) is 0 Å². The van der Waals surface area contributed by atoms with Crippen LogP contribution in [0.2, 0.25) is 5.02 Å². The molecule has 5 heteroatoms. The summed E-state index contributed by atoms with van der Waals surface area (Å²) < 4.78 is 10.1. The highest BCUT2D eigenvalue weighted by Gasteiger charge is 2.75. The fourth-order valence-electron chi connectivity index (χ4n) is 2.04. The lowest BCUT2D eigenvalue weighted by Gasteiger charge is -2.13. The summed E-state index contributed by atoms with van der Waals surface area (Å²) in [5.41, 5.74) is -0.0556. The van der Waals surface area contributed by atoms with E-state index in [9.17, 15) is 4.79 Å². The van der Waals surface area contributed by atoms with Crippen LogP contribution in [-0.4, -0.2) is 18.1 Å². The summed E-state index contributed by atoms with van der Waals surface area (Å²) in [7, 11) is 1.28. The zero-order valence-electron chi connectivity index (χ0n) is 9.50. The minimum absolute atomic E-state index is 0.561. The molecule has 1 fully saturated rings. The molecule has 1 aromatic rings. The first-order chi connectivity index (χ1) is 8.00. The van der Waals surface area contributed by atoms with Crippen molar-refractivity contribution in [2.24, 2.45) is 0 Å². The molecule has 2 rings (SSSR count). The van der Waals surface area contributed by atoms with Crippen LogP contribution in [0.25, 0.3) is 0 Å². The molecule has 0 spiro atoms. The van der Waals surface area contributed by atoms with Crippen molar-refractivity contribution in [2.45, 2.75) is 24.0 Å². The van der Waals surface area contributed by atoms with Crippen LogP contribution in [0.15, 0.2) is 24.3 Å². The van der Waals surface area contributed by atoms with E-state index in [0.29, 0.717) is 11.4 Å². The predicted octanol–water partition coefficient (Wildman–Crippen LogP) is 3.08. The second kappa shape index (κ2) is 4.16. The number of methoxy groups -OCH3 is 1. The summed E-state index contributed by atoms with van der Waals surface area (Å²) in [6, 6.07) is 7.14. The van der Waals surface area contributed by atoms with E-state index in [4.69, 9.17) is 27.9 Å². The number of hydrogen-bond donors (Lipinski definition) is 0. The Morgan fingerprint density at radius 3 is 2.76 bits per heavy atom. The van der Waals surface area contributed by atoms with Crippen molar-refractivity contribution in [1.29, 1.82) is 0 Å². The molecule has 92 valence electrons. The zero-order valence-corrected chi connectivity index (χ0v) is 11.0. The molecule has 1 aliphatic heterocycles. The third-order valence-electron chi connectivity index (χ3n) is 3.03. The molecule has 1 heterocycles. The molecule has 0 aromatic heterocycles. The maximum atomic E-state index is 11.6. The van der Waals surface area contributed by atoms with Gasteiger partial charge in [-0.2, -0.15) is 0 Å². The minimum Gasteiger partial charge on any atom is -0.466 e. The summed E-state index contributed by atoms with van der Waals surface area (Å²) in [6.07, 6.45) is 0.561. The van der Waals surface area contributed by atoms with Gasteiger partial charge in [-0.05, 0) is 24.1 Å². The lowest BCUT2D eigenvalue weighted by Crippen LogP contribution is -2.28. The van der Waals surface area contributed by atoms with Crippen molar-refractivity contribution in [3.63, 3.8) is 0 Å². The summed E-state index contributed by atoms with van der Waals surface area (Å²) in [6.45, 7) is 1.90. The van der Waals surface area contributed by atoms with Crippen molar-refractivity contribution in [2.75, 3.05) is 7.11 Å². The Morgan fingerprint density at radius 2 is 2.24 bits per heavy atom. The number of carbonyl (C=O) groups is 1. The van der Waals surface area contributed by atoms with E-state index >= 15 is 0 Å². The Morgan fingerprint density at radius 1 is 1.53 bits per heavy atom. The highest BCUT2D eigenvalue weighted by Crippen LogP contribution is 2.61. The Hall–Kier alpha value is -0.770. The predicted molar refractivity (Wildman–Crippen MR) is 65.1 cm³/mol. The first-order valence-corrected chi connectivity index (χ1v) is 5.99. The number of carbonyl (C=O) groups excluding carboxylic acids is 1. The average molecular weight is 275 g/mol. The summed E-state index contributed by atoms with van der Waals surface area (Å²) in [4.78, 5) is 11.6. The molecule has 0 amide bonds. The van der Waals surface area contributed by atoms with E-state index in [1.54, 1.807) is 18.2 Å². The van der Waals surface area contributed by atoms with Gasteiger partial charge in [0.05, 0.1) is 7.11 Å². The van der Waals surface area contributed by atoms with Crippen LogP contribution >= 0.6 is 23.2 Å². The molecule has 0 N–H and O–H groups in total. The number of benzene rings is 1. The van der Waals surface area contributed by atoms with Crippen LogP contribution in [-0.2, 0) is 19.9 Å². The number of alkyl halides is 1. The number of epoxide rings is 1. The van der Waals surface area contributed by atoms with Gasteiger partial charge in [0.25, 0.3) is 5.06 Å². The maximum absolute atomic E-state index is 11.6. The van der Waals surface area contributed by atoms with Gasteiger partial charge in [-0.15, -0.1) is 0 Å². The van der Waals surface area contributed by atoms with Gasteiger partial charge in [0.15, 0.2) is 5.60 Å². The van der Waals surface area contributed by atoms with E-state index < -0.39 is 16.6 Å². The van der Waals surface area contributed by atoms with E-state index in [-0.39, 0.29) is 0 Å². The SMILES string of the molecule is CCC1(c2cccc(Cl)c2)OC1(Cl)C(=O)OC. The number of halogens is 2. The molecule has 0 saturated carbocycles. The van der Waals surface area contributed by atoms with E-state index in [1.165, 1.54) is 7.11 Å². The first kappa shape index (κ1) is 12.7. The summed E-state index contributed by atoms with van der Waals surface area (Å²) in [5, 5.41) is -0.851. The van der Waals surface area contributed by atoms with Crippen LogP contribution in [0, 0.1) is 0 Å². The number of esters is 1. The Kier molecular flexibility index (Phi) is 3.10.